The first-order chi connectivity index (χ1) is 6.57. The third kappa shape index (κ3) is 1.74. The van der Waals surface area contributed by atoms with Crippen molar-refractivity contribution in [3.05, 3.63) is 29.8 Å². The summed E-state index contributed by atoms with van der Waals surface area (Å²) in [7, 11) is -3.77. The molecule has 1 heterocycles. The van der Waals surface area contributed by atoms with E-state index < -0.39 is 10.2 Å². The lowest BCUT2D eigenvalue weighted by Crippen LogP contribution is -2.28. The summed E-state index contributed by atoms with van der Waals surface area (Å²) in [5, 5.41) is 8.63. The summed E-state index contributed by atoms with van der Waals surface area (Å²) < 4.78 is 22.7. The molecule has 14 heavy (non-hydrogen) atoms. The van der Waals surface area contributed by atoms with Crippen LogP contribution in [-0.4, -0.2) is 18.5 Å². The third-order valence-corrected chi connectivity index (χ3v) is 3.80. The second-order valence-corrected chi connectivity index (χ2v) is 5.20. The smallest absolute Gasteiger partial charge is 0.209 e. The summed E-state index contributed by atoms with van der Waals surface area (Å²) in [5.41, 5.74) is 0.886. The van der Waals surface area contributed by atoms with Crippen molar-refractivity contribution in [3.63, 3.8) is 0 Å². The Morgan fingerprint density at radius 2 is 2.07 bits per heavy atom. The molecule has 1 aromatic carbocycles. The van der Waals surface area contributed by atoms with Crippen LogP contribution in [0.25, 0.3) is 0 Å². The van der Waals surface area contributed by atoms with Crippen molar-refractivity contribution in [1.29, 1.82) is 0 Å². The molecule has 0 atom stereocenters. The highest BCUT2D eigenvalue weighted by molar-refractivity contribution is 8.07. The molecule has 1 aromatic rings. The molecule has 1 aliphatic heterocycles. The molecule has 0 saturated heterocycles. The molecule has 5 nitrogen and oxygen atoms in total. The van der Waals surface area contributed by atoms with E-state index in [4.69, 9.17) is 5.14 Å². The quantitative estimate of drug-likeness (QED) is 0.714. The third-order valence-electron chi connectivity index (χ3n) is 1.60. The summed E-state index contributed by atoms with van der Waals surface area (Å²) in [6.45, 7) is 0. The fourth-order valence-electron chi connectivity index (χ4n) is 1.01. The lowest BCUT2D eigenvalue weighted by Gasteiger charge is -2.18. The number of rotatable bonds is 1. The number of hydrogen-bond acceptors (Lipinski definition) is 4. The molecule has 0 saturated carbocycles. The maximum atomic E-state index is 11.0. The molecular weight excluding hydrogens is 222 g/mol. The van der Waals surface area contributed by atoms with Crippen LogP contribution in [0.15, 0.2) is 34.3 Å². The van der Waals surface area contributed by atoms with Gasteiger partial charge in [-0.05, 0) is 6.07 Å². The highest BCUT2D eigenvalue weighted by Gasteiger charge is 2.20. The van der Waals surface area contributed by atoms with Gasteiger partial charge in [0.05, 0.1) is 6.21 Å². The van der Waals surface area contributed by atoms with Crippen LogP contribution >= 0.6 is 11.9 Å². The zero-order chi connectivity index (χ0) is 10.2. The van der Waals surface area contributed by atoms with Crippen LogP contribution in [-0.2, 0) is 10.2 Å². The molecule has 0 spiro atoms. The Morgan fingerprint density at radius 3 is 2.79 bits per heavy atom. The zero-order valence-electron chi connectivity index (χ0n) is 6.99. The van der Waals surface area contributed by atoms with Crippen molar-refractivity contribution >= 4 is 28.4 Å². The van der Waals surface area contributed by atoms with Gasteiger partial charge in [-0.1, -0.05) is 18.2 Å². The Morgan fingerprint density at radius 1 is 1.36 bits per heavy atom. The van der Waals surface area contributed by atoms with E-state index in [-0.39, 0.29) is 0 Å². The van der Waals surface area contributed by atoms with Gasteiger partial charge >= 0.3 is 10.2 Å². The van der Waals surface area contributed by atoms with Crippen LogP contribution in [0.3, 0.4) is 0 Å². The molecule has 7 heteroatoms. The van der Waals surface area contributed by atoms with Gasteiger partial charge in [-0.25, -0.2) is 5.14 Å². The molecule has 0 radical (unpaired) electrons. The molecule has 1 aliphatic rings. The number of hydrogen-bond donors (Lipinski definition) is 1. The highest BCUT2D eigenvalue weighted by atomic mass is 32.3. The molecule has 0 aromatic heterocycles. The van der Waals surface area contributed by atoms with Gasteiger partial charge in [-0.3, -0.25) is 0 Å². The predicted octanol–water partition coefficient (Wildman–Crippen LogP) is 0.547. The lowest BCUT2D eigenvalue weighted by atomic mass is 10.2. The van der Waals surface area contributed by atoms with Crippen LogP contribution < -0.4 is 5.14 Å². The van der Waals surface area contributed by atoms with E-state index in [1.165, 1.54) is 6.21 Å². The molecule has 2 rings (SSSR count). The average Bonchev–Trinajstić information content (AvgIpc) is 2.16. The van der Waals surface area contributed by atoms with Crippen LogP contribution in [0.4, 0.5) is 0 Å². The second-order valence-electron chi connectivity index (χ2n) is 2.63. The SMILES string of the molecule is NS(=O)(=O)N1N=Cc2ccccc2S1. The van der Waals surface area contributed by atoms with Crippen molar-refractivity contribution in [3.8, 4) is 0 Å². The van der Waals surface area contributed by atoms with E-state index in [2.05, 4.69) is 5.10 Å². The summed E-state index contributed by atoms with van der Waals surface area (Å²) in [5.74, 6) is 0. The summed E-state index contributed by atoms with van der Waals surface area (Å²) in [4.78, 5) is 0.816. The summed E-state index contributed by atoms with van der Waals surface area (Å²) >= 11 is 0.986. The first kappa shape index (κ1) is 9.50. The average molecular weight is 229 g/mol. The highest BCUT2D eigenvalue weighted by Crippen LogP contribution is 2.30. The predicted molar refractivity (Wildman–Crippen MR) is 54.8 cm³/mol. The van der Waals surface area contributed by atoms with Gasteiger partial charge in [-0.2, -0.15) is 13.5 Å². The van der Waals surface area contributed by atoms with Gasteiger partial charge in [0, 0.05) is 22.4 Å². The minimum atomic E-state index is -3.77. The lowest BCUT2D eigenvalue weighted by molar-refractivity contribution is 0.553. The minimum Gasteiger partial charge on any atom is -0.209 e. The Bertz CT molecular complexity index is 483. The van der Waals surface area contributed by atoms with Gasteiger partial charge in [-0.15, -0.1) is 3.82 Å². The first-order valence-corrected chi connectivity index (χ1v) is 5.99. The van der Waals surface area contributed by atoms with E-state index >= 15 is 0 Å². The van der Waals surface area contributed by atoms with Crippen LogP contribution in [0, 0.1) is 0 Å². The Balaban J connectivity index is 2.40. The Hall–Kier alpha value is -1.05. The number of benzene rings is 1. The van der Waals surface area contributed by atoms with Crippen molar-refractivity contribution in [1.82, 2.24) is 3.82 Å². The van der Waals surface area contributed by atoms with Crippen molar-refractivity contribution < 1.29 is 8.42 Å². The summed E-state index contributed by atoms with van der Waals surface area (Å²) in [6.07, 6.45) is 1.47. The number of nitrogens with zero attached hydrogens (tertiary/aromatic N) is 2. The number of fused-ring (bicyclic) bond motifs is 1. The zero-order valence-corrected chi connectivity index (χ0v) is 8.62. The van der Waals surface area contributed by atoms with E-state index in [9.17, 15) is 8.42 Å². The molecule has 0 aliphatic carbocycles. The van der Waals surface area contributed by atoms with Crippen LogP contribution in [0.5, 0.6) is 0 Å². The molecule has 0 unspecified atom stereocenters. The monoisotopic (exact) mass is 229 g/mol. The fraction of sp³-hybridized carbons (Fsp3) is 0. The van der Waals surface area contributed by atoms with E-state index in [1.807, 2.05) is 24.3 Å². The van der Waals surface area contributed by atoms with E-state index in [1.54, 1.807) is 0 Å². The Labute approximate surface area is 85.9 Å². The molecule has 74 valence electrons. The first-order valence-electron chi connectivity index (χ1n) is 3.71. The van der Waals surface area contributed by atoms with E-state index in [0.29, 0.717) is 0 Å². The standard InChI is InChI=1S/C7H7N3O2S2/c8-14(11,12)10-9-5-6-3-1-2-4-7(6)13-10/h1-5H,(H2,8,11,12). The van der Waals surface area contributed by atoms with Crippen molar-refractivity contribution in [2.45, 2.75) is 4.90 Å². The van der Waals surface area contributed by atoms with Gasteiger partial charge in [0.25, 0.3) is 0 Å². The van der Waals surface area contributed by atoms with Crippen molar-refractivity contribution in [2.75, 3.05) is 0 Å². The fourth-order valence-corrected chi connectivity index (χ4v) is 2.47. The van der Waals surface area contributed by atoms with Crippen LogP contribution in [0.1, 0.15) is 5.56 Å². The Kier molecular flexibility index (Phi) is 2.22. The maximum Gasteiger partial charge on any atom is 0.324 e. The largest absolute Gasteiger partial charge is 0.324 e. The van der Waals surface area contributed by atoms with Gasteiger partial charge in [0.2, 0.25) is 0 Å². The number of hydrazone groups is 1. The van der Waals surface area contributed by atoms with Gasteiger partial charge in [0.15, 0.2) is 0 Å². The molecular formula is C7H7N3O2S2. The molecule has 0 amide bonds. The topological polar surface area (TPSA) is 75.8 Å². The normalized spacial score (nSPS) is 15.4. The maximum absolute atomic E-state index is 11.0. The molecule has 0 fully saturated rings. The molecule has 2 N–H and O–H groups in total. The number of nitrogens with two attached hydrogens (primary N) is 1. The minimum absolute atomic E-state index is 0.787. The second kappa shape index (κ2) is 3.26. The van der Waals surface area contributed by atoms with Crippen molar-refractivity contribution in [2.24, 2.45) is 10.2 Å². The van der Waals surface area contributed by atoms with E-state index in [0.717, 1.165) is 26.2 Å². The summed E-state index contributed by atoms with van der Waals surface area (Å²) in [6, 6.07) is 7.35. The van der Waals surface area contributed by atoms with Gasteiger partial charge < -0.3 is 0 Å². The molecule has 0 bridgehead atoms. The van der Waals surface area contributed by atoms with Gasteiger partial charge in [0.1, 0.15) is 0 Å². The van der Waals surface area contributed by atoms with Crippen LogP contribution in [0.2, 0.25) is 0 Å².